The van der Waals surface area contributed by atoms with E-state index in [9.17, 15) is 4.79 Å². The normalized spacial score (nSPS) is 21.1. The van der Waals surface area contributed by atoms with Crippen molar-refractivity contribution >= 4 is 5.78 Å². The Morgan fingerprint density at radius 3 is 2.63 bits per heavy atom. The van der Waals surface area contributed by atoms with E-state index in [1.807, 2.05) is 0 Å². The Hall–Kier alpha value is -2.01. The zero-order valence-corrected chi connectivity index (χ0v) is 18.9. The van der Waals surface area contributed by atoms with Crippen LogP contribution in [0.3, 0.4) is 0 Å². The van der Waals surface area contributed by atoms with Crippen LogP contribution in [0.1, 0.15) is 86.3 Å². The summed E-state index contributed by atoms with van der Waals surface area (Å²) in [5.74, 6) is 3.57. The number of hydrogen-bond donors (Lipinski definition) is 0. The Morgan fingerprint density at radius 2 is 1.97 bits per heavy atom. The first-order valence-electron chi connectivity index (χ1n) is 11.5. The van der Waals surface area contributed by atoms with Crippen LogP contribution in [-0.4, -0.2) is 33.3 Å². The first-order chi connectivity index (χ1) is 14.4. The predicted molar refractivity (Wildman–Crippen MR) is 118 cm³/mol. The molecule has 0 bridgehead atoms. The fourth-order valence-electron chi connectivity index (χ4n) is 4.52. The second kappa shape index (κ2) is 9.01. The molecule has 2 aliphatic rings. The van der Waals surface area contributed by atoms with Crippen molar-refractivity contribution < 1.29 is 9.53 Å². The number of aromatic nitrogens is 3. The number of rotatable bonds is 10. The van der Waals surface area contributed by atoms with Gasteiger partial charge >= 0.3 is 0 Å². The summed E-state index contributed by atoms with van der Waals surface area (Å²) in [6.45, 7) is 9.21. The lowest BCUT2D eigenvalue weighted by Gasteiger charge is -2.35. The van der Waals surface area contributed by atoms with E-state index in [0.29, 0.717) is 43.2 Å². The van der Waals surface area contributed by atoms with Gasteiger partial charge in [-0.1, -0.05) is 23.8 Å². The highest BCUT2D eigenvalue weighted by molar-refractivity contribution is 5.81. The lowest BCUT2D eigenvalue weighted by Crippen LogP contribution is -2.29. The molecule has 2 fully saturated rings. The van der Waals surface area contributed by atoms with E-state index >= 15 is 0 Å². The highest BCUT2D eigenvalue weighted by Gasteiger charge is 2.38. The Bertz CT molecular complexity index is 892. The molecule has 30 heavy (non-hydrogen) atoms. The molecule has 1 aromatic carbocycles. The van der Waals surface area contributed by atoms with Crippen molar-refractivity contribution in [3.63, 3.8) is 0 Å². The van der Waals surface area contributed by atoms with Crippen molar-refractivity contribution in [3.05, 3.63) is 46.5 Å². The number of carbonyl (C=O) groups is 1. The number of nitrogens with zero attached hydrogens (tertiary/aromatic N) is 3. The topological polar surface area (TPSA) is 57.0 Å². The number of Topliss-reactive ketones (excluding diaryl/α,β-unsaturated/α-hetero) is 1. The molecule has 2 aliphatic carbocycles. The first-order valence-corrected chi connectivity index (χ1v) is 11.5. The summed E-state index contributed by atoms with van der Waals surface area (Å²) < 4.78 is 8.14. The third kappa shape index (κ3) is 5.00. The van der Waals surface area contributed by atoms with Crippen molar-refractivity contribution in [3.8, 4) is 0 Å². The summed E-state index contributed by atoms with van der Waals surface area (Å²) in [6.07, 6.45) is 6.74. The van der Waals surface area contributed by atoms with Crippen LogP contribution in [0.2, 0.25) is 0 Å². The van der Waals surface area contributed by atoms with Crippen LogP contribution < -0.4 is 0 Å². The van der Waals surface area contributed by atoms with Crippen LogP contribution in [0.25, 0.3) is 0 Å². The Balaban J connectivity index is 1.34. The van der Waals surface area contributed by atoms with Crippen LogP contribution >= 0.6 is 0 Å². The van der Waals surface area contributed by atoms with Gasteiger partial charge in [0.15, 0.2) is 0 Å². The van der Waals surface area contributed by atoms with Crippen molar-refractivity contribution in [2.24, 2.45) is 5.92 Å². The standard InChI is InChI=1S/C25H35N3O2/c1-16(2)30-15-19-12-21(13-19)25-27-26-24(28(25)22-7-8-22)10-9-23(29)14-20-6-5-17(3)11-18(20)4/h5-6,11,16,19,21-22H,7-10,12-15H2,1-4H3. The summed E-state index contributed by atoms with van der Waals surface area (Å²) in [5.41, 5.74) is 3.58. The van der Waals surface area contributed by atoms with Crippen LogP contribution in [0.5, 0.6) is 0 Å². The van der Waals surface area contributed by atoms with Crippen molar-refractivity contribution in [2.45, 2.75) is 90.7 Å². The first kappa shape index (κ1) is 21.2. The maximum Gasteiger partial charge on any atom is 0.137 e. The van der Waals surface area contributed by atoms with Gasteiger partial charge in [-0.15, -0.1) is 10.2 Å². The van der Waals surface area contributed by atoms with Gasteiger partial charge in [0.25, 0.3) is 0 Å². The minimum Gasteiger partial charge on any atom is -0.379 e. The van der Waals surface area contributed by atoms with E-state index < -0.39 is 0 Å². The zero-order valence-electron chi connectivity index (χ0n) is 18.9. The number of ether oxygens (including phenoxy) is 1. The second-order valence-electron chi connectivity index (χ2n) is 9.64. The van der Waals surface area contributed by atoms with Gasteiger partial charge in [-0.05, 0) is 70.4 Å². The quantitative estimate of drug-likeness (QED) is 0.560. The molecule has 2 saturated carbocycles. The molecule has 0 spiro atoms. The molecule has 1 heterocycles. The van der Waals surface area contributed by atoms with Gasteiger partial charge in [-0.3, -0.25) is 4.79 Å². The monoisotopic (exact) mass is 409 g/mol. The summed E-state index contributed by atoms with van der Waals surface area (Å²) >= 11 is 0. The van der Waals surface area contributed by atoms with E-state index in [0.717, 1.165) is 36.7 Å². The van der Waals surface area contributed by atoms with Crippen LogP contribution in [0.4, 0.5) is 0 Å². The number of carbonyl (C=O) groups excluding carboxylic acids is 1. The maximum absolute atomic E-state index is 12.6. The van der Waals surface area contributed by atoms with Gasteiger partial charge in [-0.25, -0.2) is 0 Å². The minimum atomic E-state index is 0.281. The summed E-state index contributed by atoms with van der Waals surface area (Å²) in [6, 6.07) is 6.87. The number of aryl methyl sites for hydroxylation is 3. The van der Waals surface area contributed by atoms with Crippen molar-refractivity contribution in [2.75, 3.05) is 6.61 Å². The SMILES string of the molecule is Cc1ccc(CC(=O)CCc2nnc(C3CC(COC(C)C)C3)n2C2CC2)c(C)c1. The molecule has 0 N–H and O–H groups in total. The van der Waals surface area contributed by atoms with E-state index in [2.05, 4.69) is 60.7 Å². The molecular weight excluding hydrogens is 374 g/mol. The van der Waals surface area contributed by atoms with E-state index in [1.165, 1.54) is 24.0 Å². The highest BCUT2D eigenvalue weighted by Crippen LogP contribution is 2.45. The molecule has 1 aromatic heterocycles. The highest BCUT2D eigenvalue weighted by atomic mass is 16.5. The molecule has 162 valence electrons. The molecule has 2 aromatic rings. The Kier molecular flexibility index (Phi) is 6.37. The lowest BCUT2D eigenvalue weighted by atomic mass is 9.75. The van der Waals surface area contributed by atoms with Gasteiger partial charge in [0.05, 0.1) is 6.10 Å². The average Bonchev–Trinajstić information content (AvgIpc) is 3.41. The zero-order chi connectivity index (χ0) is 21.3. The summed E-state index contributed by atoms with van der Waals surface area (Å²) in [7, 11) is 0. The molecule has 0 saturated heterocycles. The van der Waals surface area contributed by atoms with Gasteiger partial charge < -0.3 is 9.30 Å². The average molecular weight is 410 g/mol. The number of benzene rings is 1. The van der Waals surface area contributed by atoms with Gasteiger partial charge in [0.1, 0.15) is 17.4 Å². The third-order valence-electron chi connectivity index (χ3n) is 6.48. The molecule has 0 unspecified atom stereocenters. The minimum absolute atomic E-state index is 0.281. The van der Waals surface area contributed by atoms with E-state index in [1.54, 1.807) is 0 Å². The molecule has 4 rings (SSSR count). The number of hydrogen-bond acceptors (Lipinski definition) is 4. The molecule has 0 atom stereocenters. The molecule has 0 amide bonds. The molecule has 0 aliphatic heterocycles. The summed E-state index contributed by atoms with van der Waals surface area (Å²) in [4.78, 5) is 12.6. The van der Waals surface area contributed by atoms with Gasteiger partial charge in [0, 0.05) is 37.8 Å². The van der Waals surface area contributed by atoms with Crippen LogP contribution in [-0.2, 0) is 22.4 Å². The molecule has 0 radical (unpaired) electrons. The van der Waals surface area contributed by atoms with E-state index in [-0.39, 0.29) is 5.78 Å². The fourth-order valence-corrected chi connectivity index (χ4v) is 4.52. The Labute approximate surface area is 180 Å². The van der Waals surface area contributed by atoms with Crippen molar-refractivity contribution in [1.82, 2.24) is 14.8 Å². The predicted octanol–water partition coefficient (Wildman–Crippen LogP) is 4.89. The molecule has 5 heteroatoms. The fraction of sp³-hybridized carbons (Fsp3) is 0.640. The van der Waals surface area contributed by atoms with Crippen LogP contribution in [0, 0.1) is 19.8 Å². The third-order valence-corrected chi connectivity index (χ3v) is 6.48. The Morgan fingerprint density at radius 1 is 1.20 bits per heavy atom. The van der Waals surface area contributed by atoms with Gasteiger partial charge in [0.2, 0.25) is 0 Å². The number of ketones is 1. The molecular formula is C25H35N3O2. The maximum atomic E-state index is 12.6. The van der Waals surface area contributed by atoms with Gasteiger partial charge in [-0.2, -0.15) is 0 Å². The largest absolute Gasteiger partial charge is 0.379 e. The van der Waals surface area contributed by atoms with Crippen LogP contribution in [0.15, 0.2) is 18.2 Å². The lowest BCUT2D eigenvalue weighted by molar-refractivity contribution is -0.118. The molecule has 5 nitrogen and oxygen atoms in total. The van der Waals surface area contributed by atoms with Crippen molar-refractivity contribution in [1.29, 1.82) is 0 Å². The second-order valence-corrected chi connectivity index (χ2v) is 9.64. The smallest absolute Gasteiger partial charge is 0.137 e. The van der Waals surface area contributed by atoms with E-state index in [4.69, 9.17) is 4.74 Å². The summed E-state index contributed by atoms with van der Waals surface area (Å²) in [5, 5.41) is 9.09.